The minimum atomic E-state index is -4.12. The summed E-state index contributed by atoms with van der Waals surface area (Å²) in [6, 6.07) is 2.87. The van der Waals surface area contributed by atoms with E-state index < -0.39 is 24.9 Å². The van der Waals surface area contributed by atoms with Crippen molar-refractivity contribution < 1.29 is 27.8 Å². The Balaban J connectivity index is 2.69. The summed E-state index contributed by atoms with van der Waals surface area (Å²) in [7, 11) is 0. The summed E-state index contributed by atoms with van der Waals surface area (Å²) < 4.78 is 49.2. The average Bonchev–Trinajstić information content (AvgIpc) is 2.25. The highest BCUT2D eigenvalue weighted by Crippen LogP contribution is 2.29. The molecule has 0 bridgehead atoms. The Bertz CT molecular complexity index is 412. The van der Waals surface area contributed by atoms with Gasteiger partial charge in [0.1, 0.15) is 11.5 Å². The van der Waals surface area contributed by atoms with Crippen LogP contribution in [0.3, 0.4) is 0 Å². The molecule has 3 nitrogen and oxygen atoms in total. The van der Waals surface area contributed by atoms with Crippen molar-refractivity contribution in [3.63, 3.8) is 0 Å². The van der Waals surface area contributed by atoms with Gasteiger partial charge in [-0.15, -0.1) is 0 Å². The van der Waals surface area contributed by atoms with E-state index in [0.717, 1.165) is 6.07 Å². The first-order chi connectivity index (χ1) is 8.24. The molecule has 0 aliphatic rings. The summed E-state index contributed by atoms with van der Waals surface area (Å²) in [5.74, 6) is -4.60. The Morgan fingerprint density at radius 3 is 2.39 bits per heavy atom. The molecular weight excluding hydrogens is 254 g/mol. The van der Waals surface area contributed by atoms with Gasteiger partial charge in [0, 0.05) is 17.7 Å². The molecule has 0 aliphatic heterocycles. The van der Waals surface area contributed by atoms with Crippen LogP contribution in [0.5, 0.6) is 11.5 Å². The van der Waals surface area contributed by atoms with E-state index in [9.17, 15) is 22.7 Å². The Hall–Kier alpha value is -1.50. The number of halogens is 4. The summed E-state index contributed by atoms with van der Waals surface area (Å²) >= 11 is 0. The summed E-state index contributed by atoms with van der Waals surface area (Å²) in [5, 5.41) is 20.7. The normalized spacial score (nSPS) is 13.9. The van der Waals surface area contributed by atoms with Crippen molar-refractivity contribution in [3.05, 3.63) is 23.8 Å². The van der Waals surface area contributed by atoms with Gasteiger partial charge in [-0.3, -0.25) is 0 Å². The molecule has 1 rings (SSSR count). The molecule has 102 valence electrons. The summed E-state index contributed by atoms with van der Waals surface area (Å²) in [4.78, 5) is 0. The van der Waals surface area contributed by atoms with Crippen LogP contribution in [0.1, 0.15) is 18.5 Å². The van der Waals surface area contributed by atoms with E-state index in [-0.39, 0.29) is 17.1 Å². The molecule has 1 unspecified atom stereocenters. The average molecular weight is 267 g/mol. The molecule has 1 atom stereocenters. The maximum Gasteiger partial charge on any atom is 0.319 e. The van der Waals surface area contributed by atoms with Crippen LogP contribution in [-0.2, 0) is 0 Å². The Morgan fingerprint density at radius 2 is 1.89 bits per heavy atom. The van der Waals surface area contributed by atoms with Crippen LogP contribution in [0, 0.1) is 0 Å². The van der Waals surface area contributed by atoms with E-state index in [0.29, 0.717) is 0 Å². The Morgan fingerprint density at radius 1 is 1.28 bits per heavy atom. The maximum absolute atomic E-state index is 12.7. The lowest BCUT2D eigenvalue weighted by Gasteiger charge is -2.20. The lowest BCUT2D eigenvalue weighted by molar-refractivity contribution is -0.126. The standard InChI is InChI=1S/C11H13F4NO2/c1-6(16-5-11(14,15)10(12)13)8-3-2-7(17)4-9(8)18/h2-4,6,10,16-18H,5H2,1H3. The number of phenolic OH excluding ortho intramolecular Hbond substituents is 2. The molecule has 0 saturated carbocycles. The molecule has 18 heavy (non-hydrogen) atoms. The molecule has 1 aromatic rings. The van der Waals surface area contributed by atoms with Gasteiger partial charge in [-0.05, 0) is 13.0 Å². The largest absolute Gasteiger partial charge is 0.508 e. The van der Waals surface area contributed by atoms with Crippen molar-refractivity contribution in [2.24, 2.45) is 0 Å². The number of benzene rings is 1. The molecule has 0 radical (unpaired) electrons. The quantitative estimate of drug-likeness (QED) is 0.719. The lowest BCUT2D eigenvalue weighted by atomic mass is 10.1. The van der Waals surface area contributed by atoms with Crippen molar-refractivity contribution >= 4 is 0 Å². The van der Waals surface area contributed by atoms with Crippen LogP contribution < -0.4 is 5.32 Å². The summed E-state index contributed by atoms with van der Waals surface area (Å²) in [5.41, 5.74) is 0.234. The van der Waals surface area contributed by atoms with Crippen LogP contribution in [0.25, 0.3) is 0 Å². The van der Waals surface area contributed by atoms with Crippen molar-refractivity contribution in [2.75, 3.05) is 6.54 Å². The van der Waals surface area contributed by atoms with E-state index in [2.05, 4.69) is 5.32 Å². The fraction of sp³-hybridized carbons (Fsp3) is 0.455. The highest BCUT2D eigenvalue weighted by molar-refractivity contribution is 5.40. The van der Waals surface area contributed by atoms with Gasteiger partial charge in [-0.25, -0.2) is 8.78 Å². The molecule has 1 aromatic carbocycles. The van der Waals surface area contributed by atoms with Crippen molar-refractivity contribution in [1.29, 1.82) is 0 Å². The molecule has 0 saturated heterocycles. The molecule has 3 N–H and O–H groups in total. The van der Waals surface area contributed by atoms with E-state index in [1.807, 2.05) is 0 Å². The van der Waals surface area contributed by atoms with E-state index in [1.165, 1.54) is 19.1 Å². The van der Waals surface area contributed by atoms with Gasteiger partial charge in [-0.1, -0.05) is 6.07 Å². The number of phenols is 2. The second-order valence-corrected chi connectivity index (χ2v) is 3.91. The fourth-order valence-electron chi connectivity index (χ4n) is 1.37. The van der Waals surface area contributed by atoms with Gasteiger partial charge >= 0.3 is 12.3 Å². The smallest absolute Gasteiger partial charge is 0.319 e. The van der Waals surface area contributed by atoms with Gasteiger partial charge in [-0.2, -0.15) is 8.78 Å². The van der Waals surface area contributed by atoms with Crippen molar-refractivity contribution in [2.45, 2.75) is 25.3 Å². The third kappa shape index (κ3) is 3.49. The number of nitrogens with one attached hydrogen (secondary N) is 1. The van der Waals surface area contributed by atoms with E-state index in [1.54, 1.807) is 0 Å². The second-order valence-electron chi connectivity index (χ2n) is 3.91. The zero-order valence-electron chi connectivity index (χ0n) is 9.50. The maximum atomic E-state index is 12.7. The third-order valence-electron chi connectivity index (χ3n) is 2.44. The molecule has 0 heterocycles. The zero-order chi connectivity index (χ0) is 13.9. The first-order valence-corrected chi connectivity index (χ1v) is 5.15. The fourth-order valence-corrected chi connectivity index (χ4v) is 1.37. The second kappa shape index (κ2) is 5.43. The number of hydrogen-bond donors (Lipinski definition) is 3. The minimum absolute atomic E-state index is 0.179. The topological polar surface area (TPSA) is 52.5 Å². The lowest BCUT2D eigenvalue weighted by Crippen LogP contribution is -2.39. The van der Waals surface area contributed by atoms with Crippen molar-refractivity contribution in [3.8, 4) is 11.5 Å². The predicted molar refractivity (Wildman–Crippen MR) is 57.1 cm³/mol. The summed E-state index contributed by atoms with van der Waals surface area (Å²) in [6.45, 7) is 0.236. The third-order valence-corrected chi connectivity index (χ3v) is 2.44. The van der Waals surface area contributed by atoms with Gasteiger partial charge in [0.25, 0.3) is 0 Å². The monoisotopic (exact) mass is 267 g/mol. The van der Waals surface area contributed by atoms with Crippen molar-refractivity contribution in [1.82, 2.24) is 5.32 Å². The minimum Gasteiger partial charge on any atom is -0.508 e. The van der Waals surface area contributed by atoms with Gasteiger partial charge in [0.15, 0.2) is 0 Å². The van der Waals surface area contributed by atoms with Crippen LogP contribution in [-0.4, -0.2) is 29.1 Å². The van der Waals surface area contributed by atoms with Gasteiger partial charge in [0.2, 0.25) is 0 Å². The zero-order valence-corrected chi connectivity index (χ0v) is 9.50. The SMILES string of the molecule is CC(NCC(F)(F)C(F)F)c1ccc(O)cc1O. The highest BCUT2D eigenvalue weighted by atomic mass is 19.3. The molecular formula is C11H13F4NO2. The Labute approximate surface area is 101 Å². The highest BCUT2D eigenvalue weighted by Gasteiger charge is 2.40. The number of rotatable bonds is 5. The number of alkyl halides is 4. The Kier molecular flexibility index (Phi) is 4.39. The molecule has 0 aromatic heterocycles. The molecule has 7 heteroatoms. The molecule has 0 aliphatic carbocycles. The number of aromatic hydroxyl groups is 2. The van der Waals surface area contributed by atoms with E-state index in [4.69, 9.17) is 5.11 Å². The van der Waals surface area contributed by atoms with Crippen LogP contribution in [0.4, 0.5) is 17.6 Å². The van der Waals surface area contributed by atoms with Crippen LogP contribution in [0.2, 0.25) is 0 Å². The first kappa shape index (κ1) is 14.6. The first-order valence-electron chi connectivity index (χ1n) is 5.15. The van der Waals surface area contributed by atoms with Gasteiger partial charge < -0.3 is 15.5 Å². The molecule has 0 spiro atoms. The van der Waals surface area contributed by atoms with Crippen LogP contribution in [0.15, 0.2) is 18.2 Å². The molecule has 0 amide bonds. The predicted octanol–water partition coefficient (Wildman–Crippen LogP) is 2.65. The molecule has 0 fully saturated rings. The van der Waals surface area contributed by atoms with E-state index >= 15 is 0 Å². The van der Waals surface area contributed by atoms with Crippen LogP contribution >= 0.6 is 0 Å². The number of hydrogen-bond acceptors (Lipinski definition) is 3. The van der Waals surface area contributed by atoms with Gasteiger partial charge in [0.05, 0.1) is 6.54 Å². The summed E-state index contributed by atoms with van der Waals surface area (Å²) in [6.07, 6.45) is -3.74.